The first kappa shape index (κ1) is 18.8. The molecule has 0 N–H and O–H groups in total. The van der Waals surface area contributed by atoms with Crippen molar-refractivity contribution in [3.8, 4) is 22.8 Å². The maximum atomic E-state index is 12.3. The fourth-order valence-corrected chi connectivity index (χ4v) is 2.72. The number of rotatable bonds is 5. The Labute approximate surface area is 162 Å². The zero-order valence-corrected chi connectivity index (χ0v) is 15.2. The second-order valence-electron chi connectivity index (χ2n) is 6.19. The van der Waals surface area contributed by atoms with Gasteiger partial charge in [-0.15, -0.1) is 23.4 Å². The van der Waals surface area contributed by atoms with E-state index in [0.717, 1.165) is 5.56 Å². The molecule has 10 heteroatoms. The Morgan fingerprint density at radius 1 is 1.00 bits per heavy atom. The van der Waals surface area contributed by atoms with E-state index in [2.05, 4.69) is 20.1 Å². The SMILES string of the molecule is Cc1nnc(C(C)Oc2noc3ccc(-c4ccc(OC(F)(F)F)cc4)cc23)o1. The fourth-order valence-electron chi connectivity index (χ4n) is 2.72. The smallest absolute Gasteiger partial charge is 0.462 e. The first-order chi connectivity index (χ1) is 13.8. The van der Waals surface area contributed by atoms with Gasteiger partial charge >= 0.3 is 6.36 Å². The van der Waals surface area contributed by atoms with Crippen molar-refractivity contribution >= 4 is 11.0 Å². The van der Waals surface area contributed by atoms with Crippen LogP contribution in [0.25, 0.3) is 22.1 Å². The highest BCUT2D eigenvalue weighted by molar-refractivity contribution is 5.87. The molecule has 0 fully saturated rings. The number of benzene rings is 2. The highest BCUT2D eigenvalue weighted by atomic mass is 19.4. The van der Waals surface area contributed by atoms with Gasteiger partial charge in [-0.25, -0.2) is 0 Å². The summed E-state index contributed by atoms with van der Waals surface area (Å²) in [4.78, 5) is 0. The van der Waals surface area contributed by atoms with Crippen LogP contribution in [0.4, 0.5) is 13.2 Å². The third-order valence-electron chi connectivity index (χ3n) is 4.04. The van der Waals surface area contributed by atoms with Crippen LogP contribution in [0.2, 0.25) is 0 Å². The Hall–Kier alpha value is -3.56. The summed E-state index contributed by atoms with van der Waals surface area (Å²) in [6.45, 7) is 3.41. The van der Waals surface area contributed by atoms with E-state index in [1.165, 1.54) is 24.3 Å². The van der Waals surface area contributed by atoms with Crippen LogP contribution >= 0.6 is 0 Å². The molecule has 0 aliphatic rings. The highest BCUT2D eigenvalue weighted by Gasteiger charge is 2.31. The van der Waals surface area contributed by atoms with Crippen molar-refractivity contribution in [3.63, 3.8) is 0 Å². The molecule has 1 unspecified atom stereocenters. The maximum Gasteiger partial charge on any atom is 0.573 e. The van der Waals surface area contributed by atoms with Gasteiger partial charge in [0, 0.05) is 6.92 Å². The van der Waals surface area contributed by atoms with E-state index in [0.29, 0.717) is 28.3 Å². The summed E-state index contributed by atoms with van der Waals surface area (Å²) in [5, 5.41) is 12.2. The van der Waals surface area contributed by atoms with Crippen LogP contribution < -0.4 is 9.47 Å². The summed E-state index contributed by atoms with van der Waals surface area (Å²) in [7, 11) is 0. The minimum atomic E-state index is -4.73. The number of alkyl halides is 3. The molecule has 2 aromatic heterocycles. The molecule has 150 valence electrons. The largest absolute Gasteiger partial charge is 0.573 e. The van der Waals surface area contributed by atoms with Gasteiger partial charge in [-0.05, 0) is 47.5 Å². The van der Waals surface area contributed by atoms with Crippen LogP contribution in [0.15, 0.2) is 51.4 Å². The van der Waals surface area contributed by atoms with Crippen LogP contribution in [-0.2, 0) is 0 Å². The standard InChI is InChI=1S/C19H14F3N3O4/c1-10(17-24-23-11(2)27-17)26-18-15-9-13(5-8-16(15)29-25-18)12-3-6-14(7-4-12)28-19(20,21)22/h3-10H,1-2H3. The quantitative estimate of drug-likeness (QED) is 0.450. The normalized spacial score (nSPS) is 12.9. The second kappa shape index (κ2) is 7.12. The summed E-state index contributed by atoms with van der Waals surface area (Å²) >= 11 is 0. The molecule has 2 heterocycles. The molecule has 0 spiro atoms. The molecular formula is C19H14F3N3O4. The molecule has 4 rings (SSSR count). The van der Waals surface area contributed by atoms with Gasteiger partial charge in [-0.3, -0.25) is 0 Å². The van der Waals surface area contributed by atoms with Crippen molar-refractivity contribution in [2.75, 3.05) is 0 Å². The van der Waals surface area contributed by atoms with E-state index in [9.17, 15) is 13.2 Å². The Morgan fingerprint density at radius 2 is 1.72 bits per heavy atom. The summed E-state index contributed by atoms with van der Waals surface area (Å²) in [6.07, 6.45) is -5.28. The van der Waals surface area contributed by atoms with Crippen molar-refractivity contribution in [1.29, 1.82) is 0 Å². The number of ether oxygens (including phenoxy) is 2. The van der Waals surface area contributed by atoms with Gasteiger partial charge in [0.2, 0.25) is 5.89 Å². The zero-order valence-electron chi connectivity index (χ0n) is 15.2. The summed E-state index contributed by atoms with van der Waals surface area (Å²) in [5.41, 5.74) is 1.93. The number of nitrogens with zero attached hydrogens (tertiary/aromatic N) is 3. The van der Waals surface area contributed by atoms with Gasteiger partial charge in [-0.2, -0.15) is 0 Å². The Balaban J connectivity index is 1.60. The minimum absolute atomic E-state index is 0.238. The lowest BCUT2D eigenvalue weighted by atomic mass is 10.0. The van der Waals surface area contributed by atoms with Crippen LogP contribution in [0.3, 0.4) is 0 Å². The molecule has 0 bridgehead atoms. The van der Waals surface area contributed by atoms with E-state index in [1.54, 1.807) is 32.0 Å². The van der Waals surface area contributed by atoms with Gasteiger partial charge in [0.1, 0.15) is 5.75 Å². The van der Waals surface area contributed by atoms with E-state index in [-0.39, 0.29) is 11.6 Å². The number of halogens is 3. The minimum Gasteiger partial charge on any atom is -0.462 e. The van der Waals surface area contributed by atoms with E-state index in [1.807, 2.05) is 0 Å². The molecule has 0 aliphatic carbocycles. The van der Waals surface area contributed by atoms with Crippen molar-refractivity contribution in [1.82, 2.24) is 15.4 Å². The number of aryl methyl sites for hydroxylation is 1. The van der Waals surface area contributed by atoms with Crippen LogP contribution in [0.5, 0.6) is 11.6 Å². The van der Waals surface area contributed by atoms with Crippen molar-refractivity contribution in [2.45, 2.75) is 26.3 Å². The molecule has 4 aromatic rings. The molecule has 0 saturated carbocycles. The Kier molecular flexibility index (Phi) is 4.61. The van der Waals surface area contributed by atoms with Crippen LogP contribution in [0, 0.1) is 6.92 Å². The van der Waals surface area contributed by atoms with Crippen molar-refractivity contribution in [3.05, 3.63) is 54.2 Å². The number of hydrogen-bond donors (Lipinski definition) is 0. The average molecular weight is 405 g/mol. The molecular weight excluding hydrogens is 391 g/mol. The van der Waals surface area contributed by atoms with Crippen molar-refractivity contribution < 1.29 is 31.6 Å². The van der Waals surface area contributed by atoms with Gasteiger partial charge in [0.15, 0.2) is 11.7 Å². The Bertz CT molecular complexity index is 1140. The topological polar surface area (TPSA) is 83.4 Å². The molecule has 2 aromatic carbocycles. The van der Waals surface area contributed by atoms with E-state index >= 15 is 0 Å². The molecule has 29 heavy (non-hydrogen) atoms. The predicted molar refractivity (Wildman–Crippen MR) is 94.2 cm³/mol. The maximum absolute atomic E-state index is 12.3. The lowest BCUT2D eigenvalue weighted by molar-refractivity contribution is -0.274. The van der Waals surface area contributed by atoms with E-state index in [4.69, 9.17) is 13.7 Å². The third-order valence-corrected chi connectivity index (χ3v) is 4.04. The Morgan fingerprint density at radius 3 is 2.38 bits per heavy atom. The molecule has 0 saturated heterocycles. The van der Waals surface area contributed by atoms with Crippen LogP contribution in [-0.4, -0.2) is 21.7 Å². The van der Waals surface area contributed by atoms with E-state index < -0.39 is 12.5 Å². The lowest BCUT2D eigenvalue weighted by Gasteiger charge is -2.10. The molecule has 0 amide bonds. The van der Waals surface area contributed by atoms with Gasteiger partial charge in [0.25, 0.3) is 11.8 Å². The summed E-state index contributed by atoms with van der Waals surface area (Å²) < 4.78 is 57.2. The zero-order chi connectivity index (χ0) is 20.6. The monoisotopic (exact) mass is 405 g/mol. The summed E-state index contributed by atoms with van der Waals surface area (Å²) in [6, 6.07) is 10.8. The lowest BCUT2D eigenvalue weighted by Crippen LogP contribution is -2.16. The van der Waals surface area contributed by atoms with Crippen LogP contribution in [0.1, 0.15) is 24.8 Å². The van der Waals surface area contributed by atoms with Gasteiger partial charge in [0.05, 0.1) is 5.39 Å². The fraction of sp³-hybridized carbons (Fsp3) is 0.211. The first-order valence-electron chi connectivity index (χ1n) is 8.51. The third kappa shape index (κ3) is 4.15. The molecule has 0 aliphatic heterocycles. The average Bonchev–Trinajstić information content (AvgIpc) is 3.27. The molecule has 7 nitrogen and oxygen atoms in total. The first-order valence-corrected chi connectivity index (χ1v) is 8.51. The highest BCUT2D eigenvalue weighted by Crippen LogP contribution is 2.33. The van der Waals surface area contributed by atoms with Gasteiger partial charge in [-0.1, -0.05) is 18.2 Å². The number of hydrogen-bond acceptors (Lipinski definition) is 7. The predicted octanol–water partition coefficient (Wildman–Crippen LogP) is 5.22. The molecule has 0 radical (unpaired) electrons. The van der Waals surface area contributed by atoms with Gasteiger partial charge < -0.3 is 18.4 Å². The molecule has 1 atom stereocenters. The van der Waals surface area contributed by atoms with Crippen molar-refractivity contribution in [2.24, 2.45) is 0 Å². The second-order valence-corrected chi connectivity index (χ2v) is 6.19. The number of fused-ring (bicyclic) bond motifs is 1. The number of aromatic nitrogens is 3. The summed E-state index contributed by atoms with van der Waals surface area (Å²) in [5.74, 6) is 0.665.